The van der Waals surface area contributed by atoms with Gasteiger partial charge in [0.05, 0.1) is 18.6 Å². The van der Waals surface area contributed by atoms with Crippen LogP contribution in [0, 0.1) is 26.7 Å². The van der Waals surface area contributed by atoms with E-state index >= 15 is 0 Å². The van der Waals surface area contributed by atoms with Crippen molar-refractivity contribution in [3.8, 4) is 5.75 Å². The molecular weight excluding hydrogens is 302 g/mol. The van der Waals surface area contributed by atoms with Crippen LogP contribution in [0.4, 0.5) is 0 Å². The highest BCUT2D eigenvalue weighted by Crippen LogP contribution is 2.32. The molecule has 0 aliphatic rings. The number of hydrogen-bond donors (Lipinski definition) is 1. The third kappa shape index (κ3) is 3.80. The number of aliphatic hydroxyl groups is 1. The number of aliphatic hydroxyl groups excluding tert-OH is 1. The lowest BCUT2D eigenvalue weighted by atomic mass is 10.1. The molecule has 0 aliphatic heterocycles. The summed E-state index contributed by atoms with van der Waals surface area (Å²) in [7, 11) is -2.07. The molecule has 126 valence electrons. The zero-order chi connectivity index (χ0) is 17.1. The van der Waals surface area contributed by atoms with Gasteiger partial charge in [-0.25, -0.2) is 8.42 Å². The first-order chi connectivity index (χ1) is 10.2. The molecule has 0 aliphatic carbocycles. The number of sulfonamides is 1. The van der Waals surface area contributed by atoms with Crippen LogP contribution in [0.25, 0.3) is 0 Å². The quantitative estimate of drug-likeness (QED) is 0.833. The number of rotatable bonds is 7. The molecule has 0 heterocycles. The minimum absolute atomic E-state index is 0.102. The normalized spacial score (nSPS) is 12.2. The van der Waals surface area contributed by atoms with Crippen molar-refractivity contribution in [1.29, 1.82) is 0 Å². The first-order valence-electron chi connectivity index (χ1n) is 7.42. The van der Waals surface area contributed by atoms with Gasteiger partial charge in [0.25, 0.3) is 0 Å². The number of methoxy groups -OCH3 is 1. The Kier molecular flexibility index (Phi) is 6.40. The second-order valence-corrected chi connectivity index (χ2v) is 7.83. The third-order valence-electron chi connectivity index (χ3n) is 3.71. The number of benzene rings is 1. The maximum absolute atomic E-state index is 13.0. The van der Waals surface area contributed by atoms with Crippen LogP contribution in [0.5, 0.6) is 5.75 Å². The molecule has 0 saturated carbocycles. The van der Waals surface area contributed by atoms with E-state index in [1.807, 2.05) is 20.8 Å². The topological polar surface area (TPSA) is 66.8 Å². The summed E-state index contributed by atoms with van der Waals surface area (Å²) in [4.78, 5) is 0.319. The molecule has 0 spiro atoms. The molecule has 1 aromatic carbocycles. The Bertz CT molecular complexity index is 624. The van der Waals surface area contributed by atoms with E-state index in [1.54, 1.807) is 27.0 Å². The Labute approximate surface area is 134 Å². The summed E-state index contributed by atoms with van der Waals surface area (Å²) in [5, 5.41) is 9.21. The molecule has 5 nitrogen and oxygen atoms in total. The summed E-state index contributed by atoms with van der Waals surface area (Å²) in [5.41, 5.74) is 2.18. The smallest absolute Gasteiger partial charge is 0.243 e. The van der Waals surface area contributed by atoms with Crippen molar-refractivity contribution in [3.05, 3.63) is 22.8 Å². The molecule has 0 atom stereocenters. The van der Waals surface area contributed by atoms with Crippen LogP contribution in [-0.2, 0) is 10.0 Å². The SMILES string of the molecule is COc1cc(C)c(S(=O)(=O)N(CCO)CC(C)C)c(C)c1C. The lowest BCUT2D eigenvalue weighted by molar-refractivity contribution is 0.244. The van der Waals surface area contributed by atoms with Crippen LogP contribution < -0.4 is 4.74 Å². The number of ether oxygens (including phenoxy) is 1. The van der Waals surface area contributed by atoms with Gasteiger partial charge in [0, 0.05) is 13.1 Å². The Hall–Kier alpha value is -1.11. The van der Waals surface area contributed by atoms with E-state index in [0.29, 0.717) is 28.3 Å². The third-order valence-corrected chi connectivity index (χ3v) is 5.87. The number of aryl methyl sites for hydroxylation is 1. The van der Waals surface area contributed by atoms with E-state index in [1.165, 1.54) is 4.31 Å². The zero-order valence-electron chi connectivity index (χ0n) is 14.3. The maximum atomic E-state index is 13.0. The lowest BCUT2D eigenvalue weighted by Crippen LogP contribution is -2.37. The van der Waals surface area contributed by atoms with Crippen molar-refractivity contribution in [2.24, 2.45) is 5.92 Å². The van der Waals surface area contributed by atoms with Gasteiger partial charge in [-0.15, -0.1) is 0 Å². The molecule has 0 bridgehead atoms. The van der Waals surface area contributed by atoms with Gasteiger partial charge in [0.1, 0.15) is 5.75 Å². The van der Waals surface area contributed by atoms with Crippen molar-refractivity contribution in [2.75, 3.05) is 26.8 Å². The molecule has 1 rings (SSSR count). The Balaban J connectivity index is 3.47. The number of nitrogens with zero attached hydrogens (tertiary/aromatic N) is 1. The predicted molar refractivity (Wildman–Crippen MR) is 87.9 cm³/mol. The summed E-state index contributed by atoms with van der Waals surface area (Å²) in [6.45, 7) is 9.62. The second-order valence-electron chi connectivity index (χ2n) is 5.96. The highest BCUT2D eigenvalue weighted by atomic mass is 32.2. The van der Waals surface area contributed by atoms with Crippen molar-refractivity contribution in [2.45, 2.75) is 39.5 Å². The van der Waals surface area contributed by atoms with E-state index in [-0.39, 0.29) is 19.1 Å². The number of hydrogen-bond acceptors (Lipinski definition) is 4. The highest BCUT2D eigenvalue weighted by molar-refractivity contribution is 7.89. The average molecular weight is 329 g/mol. The van der Waals surface area contributed by atoms with E-state index < -0.39 is 10.0 Å². The van der Waals surface area contributed by atoms with Crippen molar-refractivity contribution < 1.29 is 18.3 Å². The summed E-state index contributed by atoms with van der Waals surface area (Å²) in [6.07, 6.45) is 0. The van der Waals surface area contributed by atoms with Gasteiger partial charge in [0.2, 0.25) is 10.0 Å². The molecule has 0 fully saturated rings. The van der Waals surface area contributed by atoms with Gasteiger partial charge >= 0.3 is 0 Å². The van der Waals surface area contributed by atoms with Crippen LogP contribution in [0.2, 0.25) is 0 Å². The lowest BCUT2D eigenvalue weighted by Gasteiger charge is -2.26. The van der Waals surface area contributed by atoms with Gasteiger partial charge in [-0.3, -0.25) is 0 Å². The van der Waals surface area contributed by atoms with Crippen LogP contribution in [0.15, 0.2) is 11.0 Å². The summed E-state index contributed by atoms with van der Waals surface area (Å²) in [6, 6.07) is 1.75. The molecule has 6 heteroatoms. The second kappa shape index (κ2) is 7.44. The molecule has 0 radical (unpaired) electrons. The van der Waals surface area contributed by atoms with Crippen LogP contribution >= 0.6 is 0 Å². The zero-order valence-corrected chi connectivity index (χ0v) is 15.1. The van der Waals surface area contributed by atoms with E-state index in [2.05, 4.69) is 0 Å². The Morgan fingerprint density at radius 3 is 2.27 bits per heavy atom. The molecule has 0 unspecified atom stereocenters. The minimum atomic E-state index is -3.65. The standard InChI is InChI=1S/C16H27NO4S/c1-11(2)10-17(7-8-18)22(19,20)16-12(3)9-15(21-6)13(4)14(16)5/h9,11,18H,7-8,10H2,1-6H3. The largest absolute Gasteiger partial charge is 0.496 e. The van der Waals surface area contributed by atoms with E-state index in [0.717, 1.165) is 5.56 Å². The average Bonchev–Trinajstić information content (AvgIpc) is 2.41. The van der Waals surface area contributed by atoms with Gasteiger partial charge in [-0.2, -0.15) is 4.31 Å². The fourth-order valence-electron chi connectivity index (χ4n) is 2.59. The first kappa shape index (κ1) is 18.9. The van der Waals surface area contributed by atoms with Gasteiger partial charge < -0.3 is 9.84 Å². The monoisotopic (exact) mass is 329 g/mol. The molecule has 0 saturated heterocycles. The van der Waals surface area contributed by atoms with Crippen LogP contribution in [0.1, 0.15) is 30.5 Å². The van der Waals surface area contributed by atoms with E-state index in [4.69, 9.17) is 4.74 Å². The van der Waals surface area contributed by atoms with Crippen LogP contribution in [-0.4, -0.2) is 44.6 Å². The molecule has 0 amide bonds. The molecule has 0 aromatic heterocycles. The molecule has 1 N–H and O–H groups in total. The minimum Gasteiger partial charge on any atom is -0.496 e. The summed E-state index contributed by atoms with van der Waals surface area (Å²) in [5.74, 6) is 0.868. The summed E-state index contributed by atoms with van der Waals surface area (Å²) >= 11 is 0. The van der Waals surface area contributed by atoms with Crippen molar-refractivity contribution in [1.82, 2.24) is 4.31 Å². The fourth-order valence-corrected chi connectivity index (χ4v) is 4.67. The summed E-state index contributed by atoms with van der Waals surface area (Å²) < 4.78 is 32.7. The van der Waals surface area contributed by atoms with Crippen molar-refractivity contribution >= 4 is 10.0 Å². The first-order valence-corrected chi connectivity index (χ1v) is 8.86. The van der Waals surface area contributed by atoms with Gasteiger partial charge in [-0.1, -0.05) is 13.8 Å². The molecule has 22 heavy (non-hydrogen) atoms. The maximum Gasteiger partial charge on any atom is 0.243 e. The highest BCUT2D eigenvalue weighted by Gasteiger charge is 2.29. The van der Waals surface area contributed by atoms with Gasteiger partial charge in [0.15, 0.2) is 0 Å². The Morgan fingerprint density at radius 2 is 1.82 bits per heavy atom. The van der Waals surface area contributed by atoms with E-state index in [9.17, 15) is 13.5 Å². The molecular formula is C16H27NO4S. The van der Waals surface area contributed by atoms with Crippen LogP contribution in [0.3, 0.4) is 0 Å². The fraction of sp³-hybridized carbons (Fsp3) is 0.625. The molecule has 1 aromatic rings. The van der Waals surface area contributed by atoms with Crippen molar-refractivity contribution in [3.63, 3.8) is 0 Å². The Morgan fingerprint density at radius 1 is 1.23 bits per heavy atom. The predicted octanol–water partition coefficient (Wildman–Crippen LogP) is 2.26. The van der Waals surface area contributed by atoms with Gasteiger partial charge in [-0.05, 0) is 49.4 Å².